The van der Waals surface area contributed by atoms with Gasteiger partial charge in [0.05, 0.1) is 5.56 Å². The second kappa shape index (κ2) is 6.34. The Balaban J connectivity index is 2.34. The summed E-state index contributed by atoms with van der Waals surface area (Å²) in [4.78, 5) is 36.8. The van der Waals surface area contributed by atoms with E-state index in [1.165, 1.54) is 4.90 Å². The van der Waals surface area contributed by atoms with Crippen molar-refractivity contribution in [2.45, 2.75) is 40.0 Å². The van der Waals surface area contributed by atoms with Crippen LogP contribution in [-0.2, 0) is 11.2 Å². The van der Waals surface area contributed by atoms with Crippen LogP contribution in [0, 0.1) is 12.8 Å². The Morgan fingerprint density at radius 1 is 1.32 bits per heavy atom. The Bertz CT molecular complexity index is 614. The summed E-state index contributed by atoms with van der Waals surface area (Å²) in [6.07, 6.45) is 1.82. The van der Waals surface area contributed by atoms with E-state index >= 15 is 0 Å². The van der Waals surface area contributed by atoms with Crippen LogP contribution in [0.2, 0.25) is 0 Å². The van der Waals surface area contributed by atoms with Gasteiger partial charge in [-0.1, -0.05) is 13.8 Å². The minimum absolute atomic E-state index is 0.00445. The van der Waals surface area contributed by atoms with Gasteiger partial charge >= 0.3 is 5.97 Å². The number of fused-ring (bicyclic) bond motifs is 1. The number of furan rings is 1. The molecule has 0 unspecified atom stereocenters. The standard InChI is InChI=1S/C16H21NO5/c1-9(2)7-17(8-13(19)20)16(21)15-10(3)14-11(18)5-4-6-12(14)22-15/h9H,4-8H2,1-3H3,(H,19,20). The summed E-state index contributed by atoms with van der Waals surface area (Å²) < 4.78 is 5.61. The number of amides is 1. The van der Waals surface area contributed by atoms with Crippen LogP contribution >= 0.6 is 0 Å². The summed E-state index contributed by atoms with van der Waals surface area (Å²) in [6, 6.07) is 0. The summed E-state index contributed by atoms with van der Waals surface area (Å²) in [5.41, 5.74) is 1.04. The molecule has 0 bridgehead atoms. The van der Waals surface area contributed by atoms with Crippen LogP contribution < -0.4 is 0 Å². The SMILES string of the molecule is Cc1c(C(=O)N(CC(=O)O)CC(C)C)oc2c1C(=O)CCC2. The number of ketones is 1. The van der Waals surface area contributed by atoms with Gasteiger partial charge < -0.3 is 14.4 Å². The molecule has 0 spiro atoms. The van der Waals surface area contributed by atoms with Gasteiger partial charge in [-0.05, 0) is 19.3 Å². The number of rotatable bonds is 5. The normalized spacial score (nSPS) is 14.1. The molecule has 0 aromatic carbocycles. The van der Waals surface area contributed by atoms with Gasteiger partial charge in [-0.2, -0.15) is 0 Å². The zero-order valence-electron chi connectivity index (χ0n) is 13.1. The highest BCUT2D eigenvalue weighted by molar-refractivity contribution is 6.03. The third-order valence-electron chi connectivity index (χ3n) is 3.70. The molecule has 0 aliphatic heterocycles. The Kier molecular flexibility index (Phi) is 4.68. The van der Waals surface area contributed by atoms with E-state index in [1.54, 1.807) is 6.92 Å². The van der Waals surface area contributed by atoms with E-state index in [-0.39, 0.29) is 24.0 Å². The number of hydrogen-bond donors (Lipinski definition) is 1. The third-order valence-corrected chi connectivity index (χ3v) is 3.70. The van der Waals surface area contributed by atoms with Crippen molar-refractivity contribution in [1.82, 2.24) is 4.90 Å². The highest BCUT2D eigenvalue weighted by Crippen LogP contribution is 2.30. The Morgan fingerprint density at radius 2 is 2.00 bits per heavy atom. The summed E-state index contributed by atoms with van der Waals surface area (Å²) in [5.74, 6) is -0.751. The van der Waals surface area contributed by atoms with Gasteiger partial charge in [-0.3, -0.25) is 14.4 Å². The van der Waals surface area contributed by atoms with Gasteiger partial charge in [-0.25, -0.2) is 0 Å². The maximum atomic E-state index is 12.6. The number of carboxylic acid groups (broad SMARTS) is 1. The molecule has 1 N–H and O–H groups in total. The summed E-state index contributed by atoms with van der Waals surface area (Å²) >= 11 is 0. The molecule has 0 atom stereocenters. The number of Topliss-reactive ketones (excluding diaryl/α,β-unsaturated/α-hetero) is 1. The van der Waals surface area contributed by atoms with Crippen molar-refractivity contribution < 1.29 is 23.9 Å². The number of carbonyl (C=O) groups is 3. The van der Waals surface area contributed by atoms with Crippen molar-refractivity contribution in [3.8, 4) is 0 Å². The van der Waals surface area contributed by atoms with E-state index < -0.39 is 11.9 Å². The molecule has 22 heavy (non-hydrogen) atoms. The highest BCUT2D eigenvalue weighted by Gasteiger charge is 2.31. The van der Waals surface area contributed by atoms with Crippen LogP contribution in [0.4, 0.5) is 0 Å². The fraction of sp³-hybridized carbons (Fsp3) is 0.562. The van der Waals surface area contributed by atoms with Crippen molar-refractivity contribution >= 4 is 17.7 Å². The molecular weight excluding hydrogens is 286 g/mol. The molecular formula is C16H21NO5. The Morgan fingerprint density at radius 3 is 2.55 bits per heavy atom. The molecule has 1 amide bonds. The van der Waals surface area contributed by atoms with E-state index in [4.69, 9.17) is 9.52 Å². The van der Waals surface area contributed by atoms with Crippen LogP contribution in [0.15, 0.2) is 4.42 Å². The lowest BCUT2D eigenvalue weighted by Gasteiger charge is -2.21. The Hall–Kier alpha value is -2.11. The number of aryl methyl sites for hydroxylation is 1. The predicted octanol–water partition coefficient (Wildman–Crippen LogP) is 2.29. The van der Waals surface area contributed by atoms with E-state index in [2.05, 4.69) is 0 Å². The summed E-state index contributed by atoms with van der Waals surface area (Å²) in [7, 11) is 0. The molecule has 0 saturated heterocycles. The second-order valence-corrected chi connectivity index (χ2v) is 6.10. The van der Waals surface area contributed by atoms with Gasteiger partial charge in [0, 0.05) is 24.9 Å². The molecule has 6 nitrogen and oxygen atoms in total. The smallest absolute Gasteiger partial charge is 0.323 e. The number of hydrogen-bond acceptors (Lipinski definition) is 4. The number of aliphatic carboxylic acids is 1. The molecule has 0 saturated carbocycles. The Labute approximate surface area is 129 Å². The molecule has 1 aromatic heterocycles. The summed E-state index contributed by atoms with van der Waals surface area (Å²) in [6.45, 7) is 5.45. The minimum Gasteiger partial charge on any atom is -0.480 e. The van der Waals surface area contributed by atoms with Gasteiger partial charge in [-0.15, -0.1) is 0 Å². The van der Waals surface area contributed by atoms with Gasteiger partial charge in [0.1, 0.15) is 12.3 Å². The molecule has 120 valence electrons. The van der Waals surface area contributed by atoms with Gasteiger partial charge in [0.25, 0.3) is 5.91 Å². The first-order valence-corrected chi connectivity index (χ1v) is 7.47. The molecule has 6 heteroatoms. The monoisotopic (exact) mass is 307 g/mol. The van der Waals surface area contributed by atoms with Crippen molar-refractivity contribution in [2.75, 3.05) is 13.1 Å². The molecule has 0 radical (unpaired) electrons. The van der Waals surface area contributed by atoms with Crippen molar-refractivity contribution in [1.29, 1.82) is 0 Å². The van der Waals surface area contributed by atoms with Crippen LogP contribution in [0.1, 0.15) is 58.9 Å². The van der Waals surface area contributed by atoms with Crippen molar-refractivity contribution in [2.24, 2.45) is 5.92 Å². The lowest BCUT2D eigenvalue weighted by molar-refractivity contribution is -0.137. The third kappa shape index (κ3) is 3.21. The van der Waals surface area contributed by atoms with E-state index in [0.29, 0.717) is 36.3 Å². The minimum atomic E-state index is -1.07. The summed E-state index contributed by atoms with van der Waals surface area (Å²) in [5, 5.41) is 8.99. The molecule has 1 aliphatic rings. The van der Waals surface area contributed by atoms with Crippen LogP contribution in [0.25, 0.3) is 0 Å². The zero-order valence-corrected chi connectivity index (χ0v) is 13.1. The first-order valence-electron chi connectivity index (χ1n) is 7.47. The van der Waals surface area contributed by atoms with Crippen LogP contribution in [0.3, 0.4) is 0 Å². The quantitative estimate of drug-likeness (QED) is 0.901. The predicted molar refractivity (Wildman–Crippen MR) is 79.1 cm³/mol. The maximum Gasteiger partial charge on any atom is 0.323 e. The fourth-order valence-corrected chi connectivity index (χ4v) is 2.82. The molecule has 1 heterocycles. The van der Waals surface area contributed by atoms with E-state index in [0.717, 1.165) is 6.42 Å². The average molecular weight is 307 g/mol. The highest BCUT2D eigenvalue weighted by atomic mass is 16.4. The molecule has 1 aliphatic carbocycles. The largest absolute Gasteiger partial charge is 0.480 e. The van der Waals surface area contributed by atoms with Gasteiger partial charge in [0.2, 0.25) is 0 Å². The van der Waals surface area contributed by atoms with E-state index in [9.17, 15) is 14.4 Å². The lowest BCUT2D eigenvalue weighted by atomic mass is 9.94. The van der Waals surface area contributed by atoms with Crippen LogP contribution in [0.5, 0.6) is 0 Å². The topological polar surface area (TPSA) is 87.8 Å². The van der Waals surface area contributed by atoms with Crippen LogP contribution in [-0.4, -0.2) is 40.8 Å². The van der Waals surface area contributed by atoms with Gasteiger partial charge in [0.15, 0.2) is 11.5 Å². The average Bonchev–Trinajstić information content (AvgIpc) is 2.75. The molecule has 1 aromatic rings. The first kappa shape index (κ1) is 16.3. The number of carboxylic acids is 1. The maximum absolute atomic E-state index is 12.6. The molecule has 2 rings (SSSR count). The molecule has 0 fully saturated rings. The lowest BCUT2D eigenvalue weighted by Crippen LogP contribution is -2.38. The number of carbonyl (C=O) groups excluding carboxylic acids is 2. The van der Waals surface area contributed by atoms with Crippen molar-refractivity contribution in [3.63, 3.8) is 0 Å². The fourth-order valence-electron chi connectivity index (χ4n) is 2.82. The zero-order chi connectivity index (χ0) is 16.4. The first-order chi connectivity index (χ1) is 10.3. The van der Waals surface area contributed by atoms with Crippen molar-refractivity contribution in [3.05, 3.63) is 22.6 Å². The van der Waals surface area contributed by atoms with E-state index in [1.807, 2.05) is 13.8 Å². The number of nitrogens with zero attached hydrogens (tertiary/aromatic N) is 1. The second-order valence-electron chi connectivity index (χ2n) is 6.10.